The number of benzene rings is 2. The Morgan fingerprint density at radius 3 is 2.34 bits per heavy atom. The lowest BCUT2D eigenvalue weighted by molar-refractivity contribution is -0.118. The summed E-state index contributed by atoms with van der Waals surface area (Å²) in [7, 11) is -2.85. The average molecular weight is 541 g/mol. The number of aromatic nitrogens is 2. The van der Waals surface area contributed by atoms with Crippen molar-refractivity contribution in [3.63, 3.8) is 0 Å². The van der Waals surface area contributed by atoms with Crippen molar-refractivity contribution in [2.75, 3.05) is 23.8 Å². The number of amides is 1. The quantitative estimate of drug-likeness (QED) is 0.379. The molecule has 3 rings (SSSR count). The minimum Gasteiger partial charge on any atom is -0.483 e. The second-order valence-electron chi connectivity index (χ2n) is 9.92. The standard InChI is InChI=1S/C27H32N4O6S/c1-17(2)21-11-10-18(27(3,4)5)14-23(21)37-16-25(32)28-19-8-7-9-20(15-19)38(34,35)31-24-13-12-22(29-30-24)26(33)36-6/h7-15,17H,16H2,1-6H3,(H,28,32)(H,30,31). The first-order valence-electron chi connectivity index (χ1n) is 11.9. The van der Waals surface area contributed by atoms with Crippen LogP contribution >= 0.6 is 0 Å². The zero-order valence-corrected chi connectivity index (χ0v) is 23.0. The van der Waals surface area contributed by atoms with Crippen LogP contribution in [0.1, 0.15) is 62.2 Å². The predicted molar refractivity (Wildman–Crippen MR) is 144 cm³/mol. The van der Waals surface area contributed by atoms with Gasteiger partial charge in [-0.05, 0) is 58.9 Å². The van der Waals surface area contributed by atoms with Crippen molar-refractivity contribution in [3.8, 4) is 5.75 Å². The van der Waals surface area contributed by atoms with Gasteiger partial charge in [-0.25, -0.2) is 13.2 Å². The molecule has 0 spiro atoms. The number of nitrogens with zero attached hydrogens (tertiary/aromatic N) is 2. The topological polar surface area (TPSA) is 137 Å². The summed E-state index contributed by atoms with van der Waals surface area (Å²) in [6.07, 6.45) is 0. The van der Waals surface area contributed by atoms with Gasteiger partial charge in [-0.2, -0.15) is 0 Å². The Labute approximate surface area is 222 Å². The van der Waals surface area contributed by atoms with Crippen LogP contribution in [0.5, 0.6) is 5.75 Å². The van der Waals surface area contributed by atoms with E-state index in [1.807, 2.05) is 12.1 Å². The predicted octanol–water partition coefficient (Wildman–Crippen LogP) is 4.50. The van der Waals surface area contributed by atoms with E-state index in [1.165, 1.54) is 37.4 Å². The van der Waals surface area contributed by atoms with E-state index in [2.05, 4.69) is 65.7 Å². The Morgan fingerprint density at radius 1 is 1.00 bits per heavy atom. The molecule has 2 N–H and O–H groups in total. The van der Waals surface area contributed by atoms with Crippen LogP contribution in [0, 0.1) is 0 Å². The van der Waals surface area contributed by atoms with Crippen molar-refractivity contribution in [2.45, 2.75) is 50.8 Å². The van der Waals surface area contributed by atoms with Gasteiger partial charge in [0.2, 0.25) is 0 Å². The molecule has 202 valence electrons. The maximum Gasteiger partial charge on any atom is 0.358 e. The molecule has 0 atom stereocenters. The summed E-state index contributed by atoms with van der Waals surface area (Å²) in [5.74, 6) is -0.367. The highest BCUT2D eigenvalue weighted by molar-refractivity contribution is 7.92. The van der Waals surface area contributed by atoms with Crippen molar-refractivity contribution in [2.24, 2.45) is 0 Å². The van der Waals surface area contributed by atoms with Crippen LogP contribution in [0.25, 0.3) is 0 Å². The van der Waals surface area contributed by atoms with Gasteiger partial charge in [0.05, 0.1) is 12.0 Å². The maximum atomic E-state index is 12.8. The van der Waals surface area contributed by atoms with Crippen LogP contribution in [0.4, 0.5) is 11.5 Å². The zero-order valence-electron chi connectivity index (χ0n) is 22.2. The van der Waals surface area contributed by atoms with E-state index in [-0.39, 0.29) is 40.0 Å². The largest absolute Gasteiger partial charge is 0.483 e. The molecule has 10 nitrogen and oxygen atoms in total. The van der Waals surface area contributed by atoms with E-state index in [0.29, 0.717) is 5.75 Å². The van der Waals surface area contributed by atoms with Gasteiger partial charge in [0.15, 0.2) is 18.1 Å². The molecule has 1 aromatic heterocycles. The lowest BCUT2D eigenvalue weighted by Gasteiger charge is -2.22. The summed E-state index contributed by atoms with van der Waals surface area (Å²) >= 11 is 0. The second-order valence-corrected chi connectivity index (χ2v) is 11.6. The normalized spacial score (nSPS) is 11.7. The van der Waals surface area contributed by atoms with E-state index in [9.17, 15) is 18.0 Å². The number of carbonyl (C=O) groups excluding carboxylic acids is 2. The highest BCUT2D eigenvalue weighted by Gasteiger charge is 2.19. The van der Waals surface area contributed by atoms with Crippen LogP contribution < -0.4 is 14.8 Å². The van der Waals surface area contributed by atoms with Gasteiger partial charge in [-0.15, -0.1) is 10.2 Å². The molecule has 0 aliphatic carbocycles. The van der Waals surface area contributed by atoms with E-state index in [0.717, 1.165) is 11.1 Å². The summed E-state index contributed by atoms with van der Waals surface area (Å²) in [6, 6.07) is 14.4. The number of hydrogen-bond donors (Lipinski definition) is 2. The number of carbonyl (C=O) groups is 2. The first-order valence-corrected chi connectivity index (χ1v) is 13.4. The van der Waals surface area contributed by atoms with Crippen molar-refractivity contribution < 1.29 is 27.5 Å². The number of methoxy groups -OCH3 is 1. The zero-order chi connectivity index (χ0) is 28.1. The minimum absolute atomic E-state index is 0.0620. The second kappa shape index (κ2) is 11.6. The SMILES string of the molecule is COC(=O)c1ccc(NS(=O)(=O)c2cccc(NC(=O)COc3cc(C(C)(C)C)ccc3C(C)C)c2)nn1. The van der Waals surface area contributed by atoms with Gasteiger partial charge in [0.1, 0.15) is 5.75 Å². The van der Waals surface area contributed by atoms with Crippen LogP contribution in [0.2, 0.25) is 0 Å². The molecule has 0 bridgehead atoms. The summed E-state index contributed by atoms with van der Waals surface area (Å²) in [5, 5.41) is 10.0. The third-order valence-electron chi connectivity index (χ3n) is 5.59. The number of ether oxygens (including phenoxy) is 2. The van der Waals surface area contributed by atoms with Gasteiger partial charge in [-0.1, -0.05) is 52.8 Å². The van der Waals surface area contributed by atoms with Crippen molar-refractivity contribution in [1.82, 2.24) is 10.2 Å². The van der Waals surface area contributed by atoms with Crippen molar-refractivity contribution >= 4 is 33.4 Å². The number of esters is 1. The number of sulfonamides is 1. The maximum absolute atomic E-state index is 12.8. The summed E-state index contributed by atoms with van der Waals surface area (Å²) in [5.41, 5.74) is 2.22. The lowest BCUT2D eigenvalue weighted by Crippen LogP contribution is -2.21. The Morgan fingerprint density at radius 2 is 1.74 bits per heavy atom. The number of anilines is 2. The summed E-state index contributed by atoms with van der Waals surface area (Å²) < 4.78 is 38.4. The fourth-order valence-electron chi connectivity index (χ4n) is 3.48. The molecule has 0 radical (unpaired) electrons. The fraction of sp³-hybridized carbons (Fsp3) is 0.333. The van der Waals surface area contributed by atoms with Crippen molar-refractivity contribution in [1.29, 1.82) is 0 Å². The van der Waals surface area contributed by atoms with E-state index in [4.69, 9.17) is 4.74 Å². The Bertz CT molecular complexity index is 1410. The number of rotatable bonds is 9. The van der Waals surface area contributed by atoms with Gasteiger partial charge in [0.25, 0.3) is 15.9 Å². The molecular weight excluding hydrogens is 508 g/mol. The molecule has 0 saturated heterocycles. The molecule has 0 unspecified atom stereocenters. The molecule has 1 heterocycles. The van der Waals surface area contributed by atoms with E-state index in [1.54, 1.807) is 6.07 Å². The molecule has 0 saturated carbocycles. The van der Waals surface area contributed by atoms with Crippen molar-refractivity contribution in [3.05, 3.63) is 71.4 Å². The molecule has 3 aromatic rings. The van der Waals surface area contributed by atoms with Crippen LogP contribution in [0.3, 0.4) is 0 Å². The Balaban J connectivity index is 1.69. The first kappa shape index (κ1) is 28.6. The van der Waals surface area contributed by atoms with E-state index < -0.39 is 21.9 Å². The monoisotopic (exact) mass is 540 g/mol. The lowest BCUT2D eigenvalue weighted by atomic mass is 9.85. The van der Waals surface area contributed by atoms with Gasteiger partial charge < -0.3 is 14.8 Å². The van der Waals surface area contributed by atoms with Crippen LogP contribution in [0.15, 0.2) is 59.5 Å². The third-order valence-corrected chi connectivity index (χ3v) is 6.94. The van der Waals surface area contributed by atoms with Crippen LogP contribution in [-0.2, 0) is 25.0 Å². The molecule has 11 heteroatoms. The van der Waals surface area contributed by atoms with Crippen LogP contribution in [-0.4, -0.2) is 44.2 Å². The average Bonchev–Trinajstić information content (AvgIpc) is 2.86. The van der Waals surface area contributed by atoms with Gasteiger partial charge >= 0.3 is 5.97 Å². The van der Waals surface area contributed by atoms with Gasteiger partial charge in [0, 0.05) is 5.69 Å². The molecule has 38 heavy (non-hydrogen) atoms. The summed E-state index contributed by atoms with van der Waals surface area (Å²) in [4.78, 5) is 24.0. The van der Waals surface area contributed by atoms with Gasteiger partial charge in [-0.3, -0.25) is 9.52 Å². The first-order chi connectivity index (χ1) is 17.8. The Kier molecular flexibility index (Phi) is 8.72. The molecule has 1 amide bonds. The summed E-state index contributed by atoms with van der Waals surface area (Å²) in [6.45, 7) is 10.2. The molecule has 0 aliphatic heterocycles. The molecule has 2 aromatic carbocycles. The highest BCUT2D eigenvalue weighted by atomic mass is 32.2. The Hall–Kier alpha value is -3.99. The third kappa shape index (κ3) is 7.28. The number of hydrogen-bond acceptors (Lipinski definition) is 8. The molecular formula is C27H32N4O6S. The smallest absolute Gasteiger partial charge is 0.358 e. The number of nitrogens with one attached hydrogen (secondary N) is 2. The molecule has 0 aliphatic rings. The fourth-order valence-corrected chi connectivity index (χ4v) is 4.52. The minimum atomic E-state index is -4.05. The highest BCUT2D eigenvalue weighted by Crippen LogP contribution is 2.32. The van der Waals surface area contributed by atoms with E-state index >= 15 is 0 Å². The molecule has 0 fully saturated rings.